The molecular weight excluding hydrogens is 382 g/mol. The number of amides is 2. The van der Waals surface area contributed by atoms with Crippen molar-refractivity contribution in [1.82, 2.24) is 5.06 Å². The number of nitrogens with zero attached hydrogens (tertiary/aromatic N) is 2. The van der Waals surface area contributed by atoms with Gasteiger partial charge < -0.3 is 5.32 Å². The molecule has 0 unspecified atom stereocenters. The van der Waals surface area contributed by atoms with Gasteiger partial charge in [0, 0.05) is 17.8 Å². The fourth-order valence-corrected chi connectivity index (χ4v) is 4.61. The summed E-state index contributed by atoms with van der Waals surface area (Å²) in [4.78, 5) is 30.0. The lowest BCUT2D eigenvalue weighted by Gasteiger charge is -2.57. The molecular formula is C23H19N3O4. The zero-order valence-electron chi connectivity index (χ0n) is 16.5. The minimum Gasteiger partial charge on any atom is -0.306 e. The van der Waals surface area contributed by atoms with E-state index in [0.717, 1.165) is 22.3 Å². The molecule has 1 aliphatic carbocycles. The van der Waals surface area contributed by atoms with Gasteiger partial charge in [0.15, 0.2) is 0 Å². The Hall–Kier alpha value is -3.71. The highest BCUT2D eigenvalue weighted by atomic mass is 16.7. The number of urea groups is 1. The van der Waals surface area contributed by atoms with Gasteiger partial charge in [-0.1, -0.05) is 48.5 Å². The summed E-state index contributed by atoms with van der Waals surface area (Å²) in [6.45, 7) is 3.94. The standard InChI is InChI=1S/C23H19N3O4/c1-22-17-7-3-5-9-19(17)23(2,20-10-6-4-8-18(20)22)30-25(22)21(27)24-15-11-13-16(14-12-15)26(28)29/h3-14H,1-2H3,(H,24,27). The summed E-state index contributed by atoms with van der Waals surface area (Å²) in [5, 5.41) is 15.1. The zero-order valence-corrected chi connectivity index (χ0v) is 16.5. The largest absolute Gasteiger partial charge is 0.346 e. The number of anilines is 1. The normalized spacial score (nSPS) is 23.5. The maximum atomic E-state index is 13.3. The van der Waals surface area contributed by atoms with Crippen LogP contribution in [0.4, 0.5) is 16.2 Å². The van der Waals surface area contributed by atoms with Crippen LogP contribution in [0.3, 0.4) is 0 Å². The maximum Gasteiger partial charge on any atom is 0.346 e. The van der Waals surface area contributed by atoms with E-state index in [1.54, 1.807) is 0 Å². The first-order chi connectivity index (χ1) is 14.4. The second kappa shape index (κ2) is 6.14. The molecule has 7 heteroatoms. The molecule has 7 nitrogen and oxygen atoms in total. The van der Waals surface area contributed by atoms with Crippen LogP contribution in [0.5, 0.6) is 0 Å². The van der Waals surface area contributed by atoms with Crippen LogP contribution in [-0.4, -0.2) is 16.0 Å². The molecule has 2 bridgehead atoms. The Labute approximate surface area is 173 Å². The van der Waals surface area contributed by atoms with Crippen LogP contribution in [0.2, 0.25) is 0 Å². The zero-order chi connectivity index (χ0) is 21.1. The van der Waals surface area contributed by atoms with Crippen molar-refractivity contribution < 1.29 is 14.6 Å². The van der Waals surface area contributed by atoms with Gasteiger partial charge in [-0.25, -0.2) is 4.79 Å². The molecule has 3 aliphatic rings. The van der Waals surface area contributed by atoms with Crippen molar-refractivity contribution in [3.05, 3.63) is 105 Å². The summed E-state index contributed by atoms with van der Waals surface area (Å²) in [5.74, 6) is 0. The molecule has 150 valence electrons. The number of carbonyl (C=O) groups is 1. The lowest BCUT2D eigenvalue weighted by atomic mass is 9.65. The smallest absolute Gasteiger partial charge is 0.306 e. The highest BCUT2D eigenvalue weighted by Gasteiger charge is 2.58. The van der Waals surface area contributed by atoms with Gasteiger partial charge in [0.05, 0.1) is 4.92 Å². The molecule has 3 aromatic rings. The Kier molecular flexibility index (Phi) is 3.75. The minimum atomic E-state index is -0.824. The topological polar surface area (TPSA) is 84.7 Å². The molecule has 0 saturated heterocycles. The summed E-state index contributed by atoms with van der Waals surface area (Å²) >= 11 is 0. The van der Waals surface area contributed by atoms with Crippen LogP contribution in [-0.2, 0) is 16.0 Å². The lowest BCUT2D eigenvalue weighted by molar-refractivity contribution is -0.384. The Morgan fingerprint density at radius 1 is 0.900 bits per heavy atom. The molecule has 0 radical (unpaired) electrons. The van der Waals surface area contributed by atoms with E-state index in [-0.39, 0.29) is 5.69 Å². The van der Waals surface area contributed by atoms with E-state index < -0.39 is 22.1 Å². The number of non-ortho nitro benzene ring substituents is 1. The number of nitrogens with one attached hydrogen (secondary N) is 1. The van der Waals surface area contributed by atoms with E-state index in [4.69, 9.17) is 4.84 Å². The highest BCUT2D eigenvalue weighted by molar-refractivity contribution is 5.90. The number of carbonyl (C=O) groups excluding carboxylic acids is 1. The Balaban J connectivity index is 1.58. The number of nitro groups is 1. The molecule has 0 fully saturated rings. The van der Waals surface area contributed by atoms with E-state index >= 15 is 0 Å². The van der Waals surface area contributed by atoms with Gasteiger partial charge in [0.2, 0.25) is 0 Å². The maximum absolute atomic E-state index is 13.3. The minimum absolute atomic E-state index is 0.0383. The van der Waals surface area contributed by atoms with Gasteiger partial charge in [0.25, 0.3) is 5.69 Å². The van der Waals surface area contributed by atoms with Crippen LogP contribution in [0.25, 0.3) is 0 Å². The predicted molar refractivity (Wildman–Crippen MR) is 111 cm³/mol. The molecule has 30 heavy (non-hydrogen) atoms. The highest BCUT2D eigenvalue weighted by Crippen LogP contribution is 2.57. The van der Waals surface area contributed by atoms with E-state index in [1.165, 1.54) is 29.3 Å². The summed E-state index contributed by atoms with van der Waals surface area (Å²) in [7, 11) is 0. The second-order valence-electron chi connectivity index (χ2n) is 7.82. The molecule has 0 saturated carbocycles. The molecule has 6 rings (SSSR count). The first-order valence-corrected chi connectivity index (χ1v) is 9.60. The van der Waals surface area contributed by atoms with Gasteiger partial charge in [0.1, 0.15) is 11.1 Å². The fourth-order valence-electron chi connectivity index (χ4n) is 4.61. The third-order valence-electron chi connectivity index (χ3n) is 6.12. The Morgan fingerprint density at radius 3 is 1.90 bits per heavy atom. The Bertz CT molecular complexity index is 1140. The number of hydroxylamine groups is 2. The second-order valence-corrected chi connectivity index (χ2v) is 7.82. The number of benzene rings is 3. The monoisotopic (exact) mass is 401 g/mol. The van der Waals surface area contributed by atoms with E-state index in [9.17, 15) is 14.9 Å². The third-order valence-corrected chi connectivity index (χ3v) is 6.12. The van der Waals surface area contributed by atoms with Crippen LogP contribution < -0.4 is 5.32 Å². The third kappa shape index (κ3) is 2.32. The van der Waals surface area contributed by atoms with Crippen molar-refractivity contribution in [1.29, 1.82) is 0 Å². The summed E-state index contributed by atoms with van der Waals surface area (Å²) in [6, 6.07) is 21.3. The van der Waals surface area contributed by atoms with Crippen LogP contribution in [0.15, 0.2) is 72.8 Å². The van der Waals surface area contributed by atoms with Crippen molar-refractivity contribution in [2.24, 2.45) is 0 Å². The Morgan fingerprint density at radius 2 is 1.40 bits per heavy atom. The number of rotatable bonds is 2. The van der Waals surface area contributed by atoms with Gasteiger partial charge in [-0.15, -0.1) is 0 Å². The quantitative estimate of drug-likeness (QED) is 0.488. The van der Waals surface area contributed by atoms with Gasteiger partial charge in [-0.3, -0.25) is 15.0 Å². The average Bonchev–Trinajstić information content (AvgIpc) is 2.76. The lowest BCUT2D eigenvalue weighted by Crippen LogP contribution is -2.62. The first kappa shape index (κ1) is 18.3. The van der Waals surface area contributed by atoms with E-state index in [0.29, 0.717) is 5.69 Å². The summed E-state index contributed by atoms with van der Waals surface area (Å²) < 4.78 is 0. The van der Waals surface area contributed by atoms with Gasteiger partial charge >= 0.3 is 6.03 Å². The van der Waals surface area contributed by atoms with E-state index in [1.807, 2.05) is 62.4 Å². The molecule has 2 heterocycles. The molecule has 0 atom stereocenters. The van der Waals surface area contributed by atoms with Crippen LogP contribution in [0, 0.1) is 10.1 Å². The predicted octanol–water partition coefficient (Wildman–Crippen LogP) is 4.91. The van der Waals surface area contributed by atoms with Crippen molar-refractivity contribution in [3.8, 4) is 0 Å². The van der Waals surface area contributed by atoms with Crippen molar-refractivity contribution in [2.75, 3.05) is 5.32 Å². The summed E-state index contributed by atoms with van der Waals surface area (Å²) in [6.07, 6.45) is 0. The number of hydrogen-bond acceptors (Lipinski definition) is 4. The number of fused-ring (bicyclic) bond motifs is 1. The van der Waals surface area contributed by atoms with Gasteiger partial charge in [-0.2, -0.15) is 5.06 Å². The van der Waals surface area contributed by atoms with Crippen LogP contribution >= 0.6 is 0 Å². The first-order valence-electron chi connectivity index (χ1n) is 9.60. The van der Waals surface area contributed by atoms with Crippen molar-refractivity contribution >= 4 is 17.4 Å². The molecule has 2 amide bonds. The van der Waals surface area contributed by atoms with Crippen molar-refractivity contribution in [2.45, 2.75) is 25.0 Å². The van der Waals surface area contributed by atoms with Crippen LogP contribution in [0.1, 0.15) is 36.1 Å². The SMILES string of the molecule is CC12ON(C(=O)Nc3ccc([N+](=O)[O-])cc3)C(C)(c3ccccc31)c1ccccc12. The number of nitro benzene ring substituents is 1. The summed E-state index contributed by atoms with van der Waals surface area (Å²) in [5.41, 5.74) is 2.87. The molecule has 0 aromatic heterocycles. The molecule has 2 aliphatic heterocycles. The fraction of sp³-hybridized carbons (Fsp3) is 0.174. The molecule has 3 aromatic carbocycles. The number of hydrogen-bond donors (Lipinski definition) is 1. The average molecular weight is 401 g/mol. The molecule has 0 spiro atoms. The van der Waals surface area contributed by atoms with E-state index in [2.05, 4.69) is 5.32 Å². The van der Waals surface area contributed by atoms with Gasteiger partial charge in [-0.05, 0) is 48.2 Å². The van der Waals surface area contributed by atoms with Crippen molar-refractivity contribution in [3.63, 3.8) is 0 Å². The molecule has 1 N–H and O–H groups in total.